The molecule has 4 bridgehead atoms. The van der Waals surface area contributed by atoms with Crippen molar-refractivity contribution in [3.63, 3.8) is 0 Å². The number of hydrogen-bond acceptors (Lipinski definition) is 2. The first-order valence-corrected chi connectivity index (χ1v) is 8.63. The summed E-state index contributed by atoms with van der Waals surface area (Å²) in [5.74, 6) is 4.72. The van der Waals surface area contributed by atoms with Gasteiger partial charge in [-0.25, -0.2) is 0 Å². The van der Waals surface area contributed by atoms with Crippen LogP contribution in [0, 0.1) is 46.3 Å². The van der Waals surface area contributed by atoms with Gasteiger partial charge in [0.05, 0.1) is 6.07 Å². The van der Waals surface area contributed by atoms with Crippen LogP contribution >= 0.6 is 0 Å². The first-order valence-electron chi connectivity index (χ1n) is 8.63. The van der Waals surface area contributed by atoms with E-state index in [4.69, 9.17) is 5.26 Å². The Morgan fingerprint density at radius 1 is 1.10 bits per heavy atom. The van der Waals surface area contributed by atoms with Crippen molar-refractivity contribution in [2.24, 2.45) is 35.0 Å². The molecule has 5 saturated carbocycles. The highest BCUT2D eigenvalue weighted by molar-refractivity contribution is 5.87. The van der Waals surface area contributed by atoms with E-state index < -0.39 is 0 Å². The standard InChI is InChI=1S/C18H25NO/c19-6-2-5-18(4-1-3-16(18)20)17-14-8-12-7-13(10-14)11-15(17)9-12/h12-15,17H,1-5,7-11H2. The van der Waals surface area contributed by atoms with Gasteiger partial charge in [0, 0.05) is 18.3 Å². The number of rotatable bonds is 3. The molecule has 0 radical (unpaired) electrons. The summed E-state index contributed by atoms with van der Waals surface area (Å²) in [6.07, 6.45) is 11.4. The van der Waals surface area contributed by atoms with E-state index in [0.29, 0.717) is 18.1 Å². The molecule has 108 valence electrons. The molecule has 1 atom stereocenters. The van der Waals surface area contributed by atoms with Gasteiger partial charge in [0.15, 0.2) is 0 Å². The summed E-state index contributed by atoms with van der Waals surface area (Å²) in [4.78, 5) is 12.7. The van der Waals surface area contributed by atoms with Gasteiger partial charge in [-0.2, -0.15) is 5.26 Å². The zero-order valence-electron chi connectivity index (χ0n) is 12.3. The Kier molecular flexibility index (Phi) is 2.95. The molecule has 1 unspecified atom stereocenters. The van der Waals surface area contributed by atoms with Gasteiger partial charge in [0.2, 0.25) is 0 Å². The lowest BCUT2D eigenvalue weighted by molar-refractivity contribution is -0.144. The molecular formula is C18H25NO. The molecule has 2 nitrogen and oxygen atoms in total. The predicted molar refractivity (Wildman–Crippen MR) is 76.7 cm³/mol. The summed E-state index contributed by atoms with van der Waals surface area (Å²) >= 11 is 0. The van der Waals surface area contributed by atoms with Crippen molar-refractivity contribution in [1.29, 1.82) is 5.26 Å². The highest BCUT2D eigenvalue weighted by Crippen LogP contribution is 2.64. The lowest BCUT2D eigenvalue weighted by Crippen LogP contribution is -2.53. The van der Waals surface area contributed by atoms with Crippen molar-refractivity contribution in [2.45, 2.75) is 64.2 Å². The third-order valence-corrected chi connectivity index (χ3v) is 7.13. The Labute approximate surface area is 121 Å². The van der Waals surface area contributed by atoms with Crippen LogP contribution in [0.5, 0.6) is 0 Å². The van der Waals surface area contributed by atoms with Crippen molar-refractivity contribution in [1.82, 2.24) is 0 Å². The largest absolute Gasteiger partial charge is 0.299 e. The topological polar surface area (TPSA) is 40.9 Å². The zero-order chi connectivity index (χ0) is 13.7. The predicted octanol–water partition coefficient (Wildman–Crippen LogP) is 4.10. The fraction of sp³-hybridized carbons (Fsp3) is 0.889. The summed E-state index contributed by atoms with van der Waals surface area (Å²) in [6.45, 7) is 0. The molecule has 0 saturated heterocycles. The molecule has 0 amide bonds. The first-order chi connectivity index (χ1) is 9.73. The lowest BCUT2D eigenvalue weighted by Gasteiger charge is -2.59. The Morgan fingerprint density at radius 2 is 1.75 bits per heavy atom. The molecule has 0 aromatic heterocycles. The van der Waals surface area contributed by atoms with Crippen LogP contribution in [0.25, 0.3) is 0 Å². The van der Waals surface area contributed by atoms with Gasteiger partial charge in [-0.15, -0.1) is 0 Å². The second-order valence-electron chi connectivity index (χ2n) is 8.05. The SMILES string of the molecule is N#CCCC1(C2C3CC4CC(C3)CC2C4)CCCC1=O. The van der Waals surface area contributed by atoms with E-state index in [-0.39, 0.29) is 5.41 Å². The molecule has 0 aromatic rings. The molecule has 2 heteroatoms. The van der Waals surface area contributed by atoms with E-state index in [0.717, 1.165) is 49.4 Å². The average molecular weight is 271 g/mol. The van der Waals surface area contributed by atoms with Gasteiger partial charge in [0.1, 0.15) is 5.78 Å². The van der Waals surface area contributed by atoms with E-state index in [2.05, 4.69) is 6.07 Å². The zero-order valence-corrected chi connectivity index (χ0v) is 12.3. The minimum absolute atomic E-state index is 0.0850. The monoisotopic (exact) mass is 271 g/mol. The van der Waals surface area contributed by atoms with Crippen molar-refractivity contribution in [3.8, 4) is 6.07 Å². The Balaban J connectivity index is 1.66. The first kappa shape index (κ1) is 12.9. The van der Waals surface area contributed by atoms with E-state index in [9.17, 15) is 4.79 Å². The maximum Gasteiger partial charge on any atom is 0.139 e. The number of hydrogen-bond donors (Lipinski definition) is 0. The van der Waals surface area contributed by atoms with Crippen LogP contribution in [0.3, 0.4) is 0 Å². The minimum Gasteiger partial charge on any atom is -0.299 e. The number of Topliss-reactive ketones (excluding diaryl/α,β-unsaturated/α-hetero) is 1. The molecule has 5 rings (SSSR count). The Morgan fingerprint density at radius 3 is 2.25 bits per heavy atom. The summed E-state index contributed by atoms with van der Waals surface area (Å²) in [7, 11) is 0. The molecule has 20 heavy (non-hydrogen) atoms. The van der Waals surface area contributed by atoms with Crippen molar-refractivity contribution in [2.75, 3.05) is 0 Å². The summed E-state index contributed by atoms with van der Waals surface area (Å²) in [5, 5.41) is 9.02. The van der Waals surface area contributed by atoms with Crippen molar-refractivity contribution in [3.05, 3.63) is 0 Å². The third kappa shape index (κ3) is 1.71. The molecule has 0 spiro atoms. The van der Waals surface area contributed by atoms with Crippen LogP contribution in [-0.2, 0) is 4.79 Å². The van der Waals surface area contributed by atoms with Gasteiger partial charge >= 0.3 is 0 Å². The van der Waals surface area contributed by atoms with Crippen LogP contribution in [0.1, 0.15) is 64.2 Å². The van der Waals surface area contributed by atoms with Crippen LogP contribution in [0.15, 0.2) is 0 Å². The number of carbonyl (C=O) groups excluding carboxylic acids is 1. The number of carbonyl (C=O) groups is 1. The normalized spacial score (nSPS) is 49.5. The van der Waals surface area contributed by atoms with Crippen LogP contribution in [0.4, 0.5) is 0 Å². The highest BCUT2D eigenvalue weighted by atomic mass is 16.1. The molecule has 5 fully saturated rings. The maximum atomic E-state index is 12.7. The van der Waals surface area contributed by atoms with E-state index >= 15 is 0 Å². The van der Waals surface area contributed by atoms with Gasteiger partial charge in [-0.1, -0.05) is 0 Å². The molecule has 5 aliphatic rings. The summed E-state index contributed by atoms with van der Waals surface area (Å²) in [5.41, 5.74) is -0.0850. The highest BCUT2D eigenvalue weighted by Gasteiger charge is 2.58. The van der Waals surface area contributed by atoms with Crippen molar-refractivity contribution >= 4 is 5.78 Å². The summed E-state index contributed by atoms with van der Waals surface area (Å²) < 4.78 is 0. The smallest absolute Gasteiger partial charge is 0.139 e. The fourth-order valence-electron chi connectivity index (χ4n) is 6.84. The fourth-order valence-corrected chi connectivity index (χ4v) is 6.84. The Hall–Kier alpha value is -0.840. The second kappa shape index (κ2) is 4.58. The Bertz CT molecular complexity index is 435. The van der Waals surface area contributed by atoms with E-state index in [1.807, 2.05) is 0 Å². The molecule has 5 aliphatic carbocycles. The quantitative estimate of drug-likeness (QED) is 0.775. The average Bonchev–Trinajstić information content (AvgIpc) is 2.77. The van der Waals surface area contributed by atoms with Gasteiger partial charge in [-0.05, 0) is 81.0 Å². The molecule has 0 aliphatic heterocycles. The van der Waals surface area contributed by atoms with E-state index in [1.165, 1.54) is 32.1 Å². The van der Waals surface area contributed by atoms with Gasteiger partial charge < -0.3 is 0 Å². The molecule has 0 N–H and O–H groups in total. The number of nitrogens with zero attached hydrogens (tertiary/aromatic N) is 1. The molecule has 0 aromatic carbocycles. The van der Waals surface area contributed by atoms with Crippen molar-refractivity contribution < 1.29 is 4.79 Å². The van der Waals surface area contributed by atoms with Crippen LogP contribution < -0.4 is 0 Å². The van der Waals surface area contributed by atoms with E-state index in [1.54, 1.807) is 0 Å². The summed E-state index contributed by atoms with van der Waals surface area (Å²) in [6, 6.07) is 2.31. The minimum atomic E-state index is -0.0850. The number of ketones is 1. The maximum absolute atomic E-state index is 12.7. The molecular weight excluding hydrogens is 246 g/mol. The number of nitriles is 1. The second-order valence-corrected chi connectivity index (χ2v) is 8.05. The van der Waals surface area contributed by atoms with Crippen LogP contribution in [-0.4, -0.2) is 5.78 Å². The lowest BCUT2D eigenvalue weighted by atomic mass is 9.45. The van der Waals surface area contributed by atoms with Crippen LogP contribution in [0.2, 0.25) is 0 Å². The molecule has 0 heterocycles. The third-order valence-electron chi connectivity index (χ3n) is 7.13. The van der Waals surface area contributed by atoms with Gasteiger partial charge in [0.25, 0.3) is 0 Å². The van der Waals surface area contributed by atoms with Gasteiger partial charge in [-0.3, -0.25) is 4.79 Å².